The molecule has 0 bridgehead atoms. The molecule has 4 aliphatic rings. The van der Waals surface area contributed by atoms with Crippen molar-refractivity contribution in [1.29, 1.82) is 0 Å². The number of hydrogen-bond acceptors (Lipinski definition) is 4. The fourth-order valence-corrected chi connectivity index (χ4v) is 8.03. The van der Waals surface area contributed by atoms with Crippen molar-refractivity contribution < 1.29 is 14.3 Å². The van der Waals surface area contributed by atoms with Gasteiger partial charge in [-0.25, -0.2) is 4.98 Å². The van der Waals surface area contributed by atoms with E-state index in [0.717, 1.165) is 62.0 Å². The predicted octanol–water partition coefficient (Wildman–Crippen LogP) is 6.45. The lowest BCUT2D eigenvalue weighted by Gasteiger charge is -2.56. The van der Waals surface area contributed by atoms with Gasteiger partial charge in [0.2, 0.25) is 0 Å². The second-order valence-corrected chi connectivity index (χ2v) is 12.2. The maximum absolute atomic E-state index is 13.8. The topological polar surface area (TPSA) is 61.2 Å². The number of imidazole rings is 1. The van der Waals surface area contributed by atoms with Gasteiger partial charge in [0.05, 0.1) is 12.9 Å². The minimum Gasteiger partial charge on any atom is -0.494 e. The van der Waals surface area contributed by atoms with Crippen molar-refractivity contribution in [1.82, 2.24) is 9.55 Å². The average molecular weight is 499 g/mol. The molecule has 1 aromatic heterocycles. The Hall–Kier alpha value is -2.95. The largest absolute Gasteiger partial charge is 0.494 e. The normalized spacial score (nSPS) is 34.1. The maximum atomic E-state index is 13.8. The van der Waals surface area contributed by atoms with E-state index >= 15 is 0 Å². The Kier molecular flexibility index (Phi) is 6.21. The molecule has 5 atom stereocenters. The molecule has 2 aromatic rings. The van der Waals surface area contributed by atoms with E-state index < -0.39 is 0 Å². The van der Waals surface area contributed by atoms with Crippen molar-refractivity contribution in [3.05, 3.63) is 65.8 Å². The van der Waals surface area contributed by atoms with Crippen LogP contribution in [0.2, 0.25) is 0 Å². The summed E-state index contributed by atoms with van der Waals surface area (Å²) in [4.78, 5) is 30.0. The van der Waals surface area contributed by atoms with Gasteiger partial charge in [-0.2, -0.15) is 0 Å². The molecule has 1 heterocycles. The summed E-state index contributed by atoms with van der Waals surface area (Å²) in [6.45, 7) is 6.15. The van der Waals surface area contributed by atoms with Crippen LogP contribution >= 0.6 is 0 Å². The molecule has 3 fully saturated rings. The molecule has 6 rings (SSSR count). The minimum absolute atomic E-state index is 0.136. The maximum Gasteiger partial charge on any atom is 0.165 e. The molecule has 37 heavy (non-hydrogen) atoms. The second-order valence-electron chi connectivity index (χ2n) is 12.2. The SMILES string of the molecule is C[C@]12CCC(=O)CC1=CCC1C2CC[C@]2(C)C(=O)C(=Cc3cccc(OCCCn4ccnc4)c3)CC12. The third-order valence-electron chi connectivity index (χ3n) is 10.2. The Labute approximate surface area is 220 Å². The quantitative estimate of drug-likeness (QED) is 0.261. The number of fused-ring (bicyclic) bond motifs is 5. The van der Waals surface area contributed by atoms with Gasteiger partial charge in [0.25, 0.3) is 0 Å². The first-order valence-corrected chi connectivity index (χ1v) is 14.0. The van der Waals surface area contributed by atoms with E-state index in [0.29, 0.717) is 48.8 Å². The van der Waals surface area contributed by atoms with Gasteiger partial charge in [-0.3, -0.25) is 9.59 Å². The van der Waals surface area contributed by atoms with Crippen LogP contribution in [0.3, 0.4) is 0 Å². The first kappa shape index (κ1) is 24.4. The van der Waals surface area contributed by atoms with Crippen LogP contribution in [0.25, 0.3) is 6.08 Å². The van der Waals surface area contributed by atoms with Gasteiger partial charge >= 0.3 is 0 Å². The van der Waals surface area contributed by atoms with Gasteiger partial charge in [-0.1, -0.05) is 37.6 Å². The van der Waals surface area contributed by atoms with Crippen LogP contribution in [0.4, 0.5) is 0 Å². The third kappa shape index (κ3) is 4.30. The number of rotatable bonds is 6. The van der Waals surface area contributed by atoms with Crippen LogP contribution in [0.15, 0.2) is 60.2 Å². The van der Waals surface area contributed by atoms with E-state index in [1.807, 2.05) is 24.7 Å². The number of ether oxygens (including phenoxy) is 1. The zero-order valence-corrected chi connectivity index (χ0v) is 22.1. The molecular formula is C32H38N2O3. The Balaban J connectivity index is 1.17. The Morgan fingerprint density at radius 1 is 1.16 bits per heavy atom. The van der Waals surface area contributed by atoms with E-state index in [-0.39, 0.29) is 10.8 Å². The van der Waals surface area contributed by atoms with E-state index in [2.05, 4.69) is 47.7 Å². The molecule has 3 saturated carbocycles. The first-order valence-electron chi connectivity index (χ1n) is 14.0. The summed E-state index contributed by atoms with van der Waals surface area (Å²) in [5, 5.41) is 0. The first-order chi connectivity index (χ1) is 17.9. The highest BCUT2D eigenvalue weighted by Gasteiger charge is 2.59. The zero-order chi connectivity index (χ0) is 25.6. The number of carbonyl (C=O) groups is 2. The lowest BCUT2D eigenvalue weighted by atomic mass is 9.48. The van der Waals surface area contributed by atoms with Crippen molar-refractivity contribution in [3.63, 3.8) is 0 Å². The standard InChI is InChI=1S/C32H38N2O3/c1-31-11-9-25(35)20-24(31)7-8-27-28(31)10-12-32(2)29(27)19-23(30(32)36)17-22-5-3-6-26(18-22)37-16-4-14-34-15-13-33-21-34/h3,5-7,13,15,17-18,21,27-29H,4,8-12,14,16,19-20H2,1-2H3/t27?,28?,29?,31-,32-/m0/s1. The molecule has 0 N–H and O–H groups in total. The zero-order valence-electron chi connectivity index (χ0n) is 22.1. The predicted molar refractivity (Wildman–Crippen MR) is 144 cm³/mol. The highest BCUT2D eigenvalue weighted by Crippen LogP contribution is 2.64. The van der Waals surface area contributed by atoms with Crippen molar-refractivity contribution in [2.24, 2.45) is 28.6 Å². The fraction of sp³-hybridized carbons (Fsp3) is 0.531. The summed E-state index contributed by atoms with van der Waals surface area (Å²) < 4.78 is 8.07. The van der Waals surface area contributed by atoms with Gasteiger partial charge in [-0.05, 0) is 91.0 Å². The van der Waals surface area contributed by atoms with E-state index in [9.17, 15) is 9.59 Å². The van der Waals surface area contributed by atoms with Crippen LogP contribution < -0.4 is 4.74 Å². The average Bonchev–Trinajstić information content (AvgIpc) is 3.49. The summed E-state index contributed by atoms with van der Waals surface area (Å²) >= 11 is 0. The van der Waals surface area contributed by atoms with E-state index in [4.69, 9.17) is 4.74 Å². The molecule has 3 unspecified atom stereocenters. The number of Topliss-reactive ketones (excluding diaryl/α,β-unsaturated/α-hetero) is 2. The summed E-state index contributed by atoms with van der Waals surface area (Å²) in [5.41, 5.74) is 3.27. The van der Waals surface area contributed by atoms with Crippen LogP contribution in [0.5, 0.6) is 5.75 Å². The molecule has 1 aromatic carbocycles. The number of hydrogen-bond donors (Lipinski definition) is 0. The van der Waals surface area contributed by atoms with Crippen molar-refractivity contribution in [2.45, 2.75) is 71.8 Å². The second kappa shape index (κ2) is 9.41. The fourth-order valence-electron chi connectivity index (χ4n) is 8.03. The van der Waals surface area contributed by atoms with Crippen LogP contribution in [-0.2, 0) is 16.1 Å². The molecule has 0 amide bonds. The summed E-state index contributed by atoms with van der Waals surface area (Å²) in [7, 11) is 0. The number of aromatic nitrogens is 2. The van der Waals surface area contributed by atoms with Crippen molar-refractivity contribution >= 4 is 17.6 Å². The molecule has 0 spiro atoms. The summed E-state index contributed by atoms with van der Waals surface area (Å²) in [6.07, 6.45) is 17.3. The lowest BCUT2D eigenvalue weighted by Crippen LogP contribution is -2.50. The smallest absolute Gasteiger partial charge is 0.165 e. The van der Waals surface area contributed by atoms with Gasteiger partial charge in [0.1, 0.15) is 11.5 Å². The number of benzene rings is 1. The van der Waals surface area contributed by atoms with Gasteiger partial charge in [0, 0.05) is 37.2 Å². The monoisotopic (exact) mass is 498 g/mol. The molecule has 4 aliphatic carbocycles. The van der Waals surface area contributed by atoms with Crippen LogP contribution in [-0.4, -0.2) is 27.7 Å². The lowest BCUT2D eigenvalue weighted by molar-refractivity contribution is -0.130. The summed E-state index contributed by atoms with van der Waals surface area (Å²) in [5.74, 6) is 3.10. The molecule has 0 aliphatic heterocycles. The van der Waals surface area contributed by atoms with Crippen molar-refractivity contribution in [3.8, 4) is 5.75 Å². The van der Waals surface area contributed by atoms with Gasteiger partial charge in [-0.15, -0.1) is 0 Å². The number of aryl methyl sites for hydroxylation is 1. The molecule has 194 valence electrons. The van der Waals surface area contributed by atoms with E-state index in [1.54, 1.807) is 6.20 Å². The van der Waals surface area contributed by atoms with Crippen LogP contribution in [0.1, 0.15) is 70.8 Å². The molecule has 5 heteroatoms. The Bertz CT molecular complexity index is 1260. The van der Waals surface area contributed by atoms with Gasteiger partial charge in [0.15, 0.2) is 5.78 Å². The van der Waals surface area contributed by atoms with Gasteiger partial charge < -0.3 is 9.30 Å². The van der Waals surface area contributed by atoms with Crippen molar-refractivity contribution in [2.75, 3.05) is 6.61 Å². The molecule has 0 saturated heterocycles. The third-order valence-corrected chi connectivity index (χ3v) is 10.2. The Morgan fingerprint density at radius 3 is 2.89 bits per heavy atom. The highest BCUT2D eigenvalue weighted by atomic mass is 16.5. The molecular weight excluding hydrogens is 460 g/mol. The van der Waals surface area contributed by atoms with E-state index in [1.165, 1.54) is 5.57 Å². The molecule has 0 radical (unpaired) electrons. The number of ketones is 2. The summed E-state index contributed by atoms with van der Waals surface area (Å²) in [6, 6.07) is 8.13. The van der Waals surface area contributed by atoms with Crippen LogP contribution in [0, 0.1) is 28.6 Å². The minimum atomic E-state index is -0.263. The highest BCUT2D eigenvalue weighted by molar-refractivity contribution is 6.06. The Morgan fingerprint density at radius 2 is 2.05 bits per heavy atom. The number of allylic oxidation sites excluding steroid dienone is 3. The molecule has 5 nitrogen and oxygen atoms in total. The number of nitrogens with zero attached hydrogens (tertiary/aromatic N) is 2. The number of carbonyl (C=O) groups excluding carboxylic acids is 2.